The van der Waals surface area contributed by atoms with Gasteiger partial charge in [-0.2, -0.15) is 0 Å². The molecule has 1 aromatic carbocycles. The number of aromatic nitrogens is 1. The summed E-state index contributed by atoms with van der Waals surface area (Å²) >= 11 is 0. The van der Waals surface area contributed by atoms with E-state index in [1.165, 1.54) is 15.9 Å². The Bertz CT molecular complexity index is 1170. The van der Waals surface area contributed by atoms with Gasteiger partial charge in [0.05, 0.1) is 12.2 Å². The van der Waals surface area contributed by atoms with E-state index in [9.17, 15) is 18.8 Å². The van der Waals surface area contributed by atoms with E-state index < -0.39 is 12.2 Å². The highest BCUT2D eigenvalue weighted by atomic mass is 19.1. The smallest absolute Gasteiger partial charge is 0.416 e. The van der Waals surface area contributed by atoms with E-state index >= 15 is 0 Å². The highest BCUT2D eigenvalue weighted by molar-refractivity contribution is 5.97. The maximum absolute atomic E-state index is 14.6. The molecule has 0 bridgehead atoms. The standard InChI is InChI=1S/C23H24FN5O5/c1-28-20(31)7-3-13-2-4-16(24)15(21(13)28)8-9-25-10-14-11-29(23(32)34-14)18-6-5-17-22(26-18)27-19(30)12-33-17/h2,4-6,14,25H,3,7-12H2,1H3,(H,26,27,30)/t14-/m1/s1. The molecular formula is C23H24FN5O5. The van der Waals surface area contributed by atoms with Gasteiger partial charge in [-0.1, -0.05) is 6.07 Å². The van der Waals surface area contributed by atoms with Gasteiger partial charge in [0.1, 0.15) is 17.7 Å². The number of ether oxygens (including phenoxy) is 2. The minimum absolute atomic E-state index is 0.0211. The topological polar surface area (TPSA) is 113 Å². The molecule has 3 aliphatic heterocycles. The lowest BCUT2D eigenvalue weighted by Crippen LogP contribution is -2.34. The van der Waals surface area contributed by atoms with Crippen LogP contribution in [0.2, 0.25) is 0 Å². The molecular weight excluding hydrogens is 445 g/mol. The van der Waals surface area contributed by atoms with Crippen LogP contribution in [0, 0.1) is 5.82 Å². The van der Waals surface area contributed by atoms with Gasteiger partial charge in [0.25, 0.3) is 5.91 Å². The Hall–Kier alpha value is -3.73. The van der Waals surface area contributed by atoms with Gasteiger partial charge in [-0.3, -0.25) is 14.5 Å². The number of hydrogen-bond donors (Lipinski definition) is 2. The van der Waals surface area contributed by atoms with Crippen molar-refractivity contribution in [2.24, 2.45) is 0 Å². The second-order valence-corrected chi connectivity index (χ2v) is 8.41. The van der Waals surface area contributed by atoms with Crippen LogP contribution in [0.5, 0.6) is 5.75 Å². The molecule has 2 N–H and O–H groups in total. The van der Waals surface area contributed by atoms with Gasteiger partial charge >= 0.3 is 6.09 Å². The van der Waals surface area contributed by atoms with Crippen LogP contribution in [0.25, 0.3) is 0 Å². The molecule has 34 heavy (non-hydrogen) atoms. The Labute approximate surface area is 195 Å². The summed E-state index contributed by atoms with van der Waals surface area (Å²) in [5.74, 6) is 0.386. The van der Waals surface area contributed by atoms with Crippen LogP contribution in [0.3, 0.4) is 0 Å². The number of halogens is 1. The van der Waals surface area contributed by atoms with Crippen molar-refractivity contribution in [2.75, 3.05) is 48.4 Å². The first-order valence-corrected chi connectivity index (χ1v) is 11.1. The Kier molecular flexibility index (Phi) is 5.78. The summed E-state index contributed by atoms with van der Waals surface area (Å²) in [6.45, 7) is 1.02. The van der Waals surface area contributed by atoms with Gasteiger partial charge in [-0.25, -0.2) is 14.2 Å². The van der Waals surface area contributed by atoms with Gasteiger partial charge in [0.15, 0.2) is 18.2 Å². The van der Waals surface area contributed by atoms with Gasteiger partial charge in [-0.05, 0) is 43.1 Å². The van der Waals surface area contributed by atoms with E-state index in [1.807, 2.05) is 0 Å². The number of carbonyl (C=O) groups excluding carboxylic acids is 3. The molecule has 0 spiro atoms. The van der Waals surface area contributed by atoms with Gasteiger partial charge in [-0.15, -0.1) is 0 Å². The minimum atomic E-state index is -0.536. The van der Waals surface area contributed by atoms with Crippen molar-refractivity contribution in [3.05, 3.63) is 41.2 Å². The fourth-order valence-electron chi connectivity index (χ4n) is 4.45. The Morgan fingerprint density at radius 1 is 1.21 bits per heavy atom. The van der Waals surface area contributed by atoms with E-state index in [4.69, 9.17) is 9.47 Å². The fourth-order valence-corrected chi connectivity index (χ4v) is 4.45. The van der Waals surface area contributed by atoms with Crippen molar-refractivity contribution in [1.82, 2.24) is 10.3 Å². The fraction of sp³-hybridized carbons (Fsp3) is 0.391. The molecule has 0 radical (unpaired) electrons. The number of anilines is 3. The van der Waals surface area contributed by atoms with Gasteiger partial charge in [0.2, 0.25) is 5.91 Å². The average molecular weight is 469 g/mol. The van der Waals surface area contributed by atoms with Crippen molar-refractivity contribution >= 4 is 35.2 Å². The van der Waals surface area contributed by atoms with E-state index in [-0.39, 0.29) is 36.6 Å². The third kappa shape index (κ3) is 4.14. The SMILES string of the molecule is CN1C(=O)CCc2ccc(F)c(CCNC[C@@H]3CN(c4ccc5c(n4)NC(=O)CO5)C(=O)O3)c21. The largest absolute Gasteiger partial charge is 0.480 e. The summed E-state index contributed by atoms with van der Waals surface area (Å²) in [6, 6.07) is 6.47. The van der Waals surface area contributed by atoms with Crippen molar-refractivity contribution < 1.29 is 28.2 Å². The highest BCUT2D eigenvalue weighted by Crippen LogP contribution is 2.33. The minimum Gasteiger partial charge on any atom is -0.480 e. The first kappa shape index (κ1) is 22.1. The van der Waals surface area contributed by atoms with Crippen molar-refractivity contribution in [3.8, 4) is 5.75 Å². The molecule has 5 rings (SSSR count). The number of nitrogens with one attached hydrogen (secondary N) is 2. The monoisotopic (exact) mass is 469 g/mol. The highest BCUT2D eigenvalue weighted by Gasteiger charge is 2.34. The number of rotatable bonds is 6. The first-order valence-electron chi connectivity index (χ1n) is 11.1. The second kappa shape index (κ2) is 8.90. The van der Waals surface area contributed by atoms with Crippen LogP contribution in [-0.2, 0) is 27.2 Å². The number of hydrogen-bond acceptors (Lipinski definition) is 7. The molecule has 0 saturated carbocycles. The number of cyclic esters (lactones) is 1. The molecule has 1 saturated heterocycles. The van der Waals surface area contributed by atoms with E-state index in [1.54, 1.807) is 25.2 Å². The number of nitrogens with zero attached hydrogens (tertiary/aromatic N) is 3. The second-order valence-electron chi connectivity index (χ2n) is 8.41. The van der Waals surface area contributed by atoms with Gasteiger partial charge < -0.3 is 25.0 Å². The van der Waals surface area contributed by atoms with Crippen molar-refractivity contribution in [1.29, 1.82) is 0 Å². The summed E-state index contributed by atoms with van der Waals surface area (Å²) in [4.78, 5) is 43.2. The zero-order valence-corrected chi connectivity index (χ0v) is 18.6. The van der Waals surface area contributed by atoms with Crippen LogP contribution in [0.1, 0.15) is 17.5 Å². The third-order valence-electron chi connectivity index (χ3n) is 6.16. The Balaban J connectivity index is 1.18. The van der Waals surface area contributed by atoms with Crippen LogP contribution in [0.15, 0.2) is 24.3 Å². The van der Waals surface area contributed by atoms with Crippen molar-refractivity contribution in [2.45, 2.75) is 25.4 Å². The predicted octanol–water partition coefficient (Wildman–Crippen LogP) is 1.62. The zero-order chi connectivity index (χ0) is 23.8. The number of aryl methyl sites for hydroxylation is 1. The van der Waals surface area contributed by atoms with Crippen LogP contribution in [-0.4, -0.2) is 62.3 Å². The van der Waals surface area contributed by atoms with Crippen molar-refractivity contribution in [3.63, 3.8) is 0 Å². The van der Waals surface area contributed by atoms with Crippen LogP contribution >= 0.6 is 0 Å². The maximum Gasteiger partial charge on any atom is 0.416 e. The molecule has 178 valence electrons. The van der Waals surface area contributed by atoms with Crippen LogP contribution in [0.4, 0.5) is 26.5 Å². The molecule has 1 atom stereocenters. The van der Waals surface area contributed by atoms with Crippen LogP contribution < -0.4 is 25.2 Å². The maximum atomic E-state index is 14.6. The summed E-state index contributed by atoms with van der Waals surface area (Å²) in [6.07, 6.45) is 0.470. The Morgan fingerprint density at radius 2 is 2.06 bits per heavy atom. The summed E-state index contributed by atoms with van der Waals surface area (Å²) < 4.78 is 25.3. The number of carbonyl (C=O) groups is 3. The lowest BCUT2D eigenvalue weighted by Gasteiger charge is -2.28. The lowest BCUT2D eigenvalue weighted by molar-refractivity contribution is -0.119. The molecule has 4 heterocycles. The molecule has 10 nitrogen and oxygen atoms in total. The lowest BCUT2D eigenvalue weighted by atomic mass is 9.95. The van der Waals surface area contributed by atoms with E-state index in [0.717, 1.165) is 5.56 Å². The molecule has 2 aromatic rings. The average Bonchev–Trinajstić information content (AvgIpc) is 3.20. The predicted molar refractivity (Wildman–Crippen MR) is 121 cm³/mol. The first-order chi connectivity index (χ1) is 16.4. The quantitative estimate of drug-likeness (QED) is 0.618. The summed E-state index contributed by atoms with van der Waals surface area (Å²) in [7, 11) is 1.68. The Morgan fingerprint density at radius 3 is 2.91 bits per heavy atom. The molecule has 3 amide bonds. The normalized spacial score (nSPS) is 19.4. The third-order valence-corrected chi connectivity index (χ3v) is 6.16. The number of amides is 3. The van der Waals surface area contributed by atoms with Gasteiger partial charge in [0, 0.05) is 25.6 Å². The van der Waals surface area contributed by atoms with E-state index in [2.05, 4.69) is 15.6 Å². The molecule has 1 fully saturated rings. The summed E-state index contributed by atoms with van der Waals surface area (Å²) in [5, 5.41) is 5.83. The summed E-state index contributed by atoms with van der Waals surface area (Å²) in [5.41, 5.74) is 2.14. The number of benzene rings is 1. The van der Waals surface area contributed by atoms with E-state index in [0.29, 0.717) is 55.2 Å². The molecule has 0 unspecified atom stereocenters. The molecule has 11 heteroatoms. The zero-order valence-electron chi connectivity index (χ0n) is 18.6. The molecule has 1 aromatic heterocycles. The number of fused-ring (bicyclic) bond motifs is 2. The number of pyridine rings is 1. The molecule has 0 aliphatic carbocycles. The molecule has 3 aliphatic rings.